The first-order valence-electron chi connectivity index (χ1n) is 19.4. The van der Waals surface area contributed by atoms with E-state index in [1.165, 1.54) is 0 Å². The molecule has 3 fully saturated rings. The van der Waals surface area contributed by atoms with E-state index in [9.17, 15) is 19.6 Å². The number of nitriles is 1. The minimum absolute atomic E-state index is 0.0707. The molecular formula is C40H49ClN12O3. The number of halogens is 1. The van der Waals surface area contributed by atoms with Gasteiger partial charge in [0.15, 0.2) is 0 Å². The molecule has 4 amide bonds. The van der Waals surface area contributed by atoms with Crippen molar-refractivity contribution in [1.82, 2.24) is 34.6 Å². The largest absolute Gasteiger partial charge is 0.365 e. The zero-order chi connectivity index (χ0) is 39.2. The van der Waals surface area contributed by atoms with E-state index in [1.54, 1.807) is 41.5 Å². The van der Waals surface area contributed by atoms with Crippen LogP contribution in [0.1, 0.15) is 50.6 Å². The minimum atomic E-state index is -0.180. The number of urea groups is 1. The zero-order valence-electron chi connectivity index (χ0n) is 32.0. The molecule has 0 saturated carbocycles. The van der Waals surface area contributed by atoms with E-state index < -0.39 is 0 Å². The number of nitrogens with one attached hydrogen (secondary N) is 2. The van der Waals surface area contributed by atoms with Crippen molar-refractivity contribution < 1.29 is 14.4 Å². The Morgan fingerprint density at radius 2 is 1.79 bits per heavy atom. The van der Waals surface area contributed by atoms with Gasteiger partial charge in [-0.1, -0.05) is 11.6 Å². The number of hydrogen-bond acceptors (Lipinski definition) is 10. The van der Waals surface area contributed by atoms with Gasteiger partial charge in [0, 0.05) is 102 Å². The quantitative estimate of drug-likeness (QED) is 0.204. The standard InChI is InChI=1S/C40H49ClN12O3/c1-28-25-50(17-18-52(28)33-4-3-30(20-42)35(41)19-33)40(56)47-31-21-45-39(46-22-31)49-13-5-29(6-14-49)26-48-11-7-32(8-12-48)53-16-9-34-36(23-44-24-37(34)53)51(27-54)15-10-38(55)43-2/h3-4,9,16,19,21-24,27-29,32H,5-8,10-15,17-18,25-26H2,1-2H3,(H,43,55)(H,47,56). The lowest BCUT2D eigenvalue weighted by Gasteiger charge is -2.41. The maximum absolute atomic E-state index is 13.1. The third-order valence-electron chi connectivity index (χ3n) is 11.5. The summed E-state index contributed by atoms with van der Waals surface area (Å²) in [5.74, 6) is 1.19. The van der Waals surface area contributed by atoms with Gasteiger partial charge in [0.1, 0.15) is 6.07 Å². The molecule has 15 nitrogen and oxygen atoms in total. The van der Waals surface area contributed by atoms with Gasteiger partial charge in [-0.3, -0.25) is 14.6 Å². The highest BCUT2D eigenvalue weighted by Gasteiger charge is 2.29. The Bertz CT molecular complexity index is 2050. The van der Waals surface area contributed by atoms with Crippen LogP contribution in [0.2, 0.25) is 5.02 Å². The van der Waals surface area contributed by atoms with Crippen LogP contribution in [0.4, 0.5) is 27.8 Å². The van der Waals surface area contributed by atoms with E-state index in [-0.39, 0.29) is 24.4 Å². The SMILES string of the molecule is CNC(=O)CCN(C=O)c1cncc2c1ccn2C1CCN(CC2CCN(c3ncc(NC(=O)N4CCN(c5ccc(C#N)c(Cl)c5)C(C)C4)cn3)CC2)CC1. The van der Waals surface area contributed by atoms with Crippen LogP contribution >= 0.6 is 11.6 Å². The van der Waals surface area contributed by atoms with Crippen molar-refractivity contribution in [3.8, 4) is 6.07 Å². The van der Waals surface area contributed by atoms with Crippen molar-refractivity contribution in [3.05, 3.63) is 65.8 Å². The second-order valence-electron chi connectivity index (χ2n) is 15.0. The second kappa shape index (κ2) is 17.6. The van der Waals surface area contributed by atoms with Crippen molar-refractivity contribution in [2.45, 2.75) is 51.1 Å². The van der Waals surface area contributed by atoms with Gasteiger partial charge in [-0.2, -0.15) is 5.26 Å². The number of aromatic nitrogens is 4. The first kappa shape index (κ1) is 38.8. The normalized spacial score (nSPS) is 18.5. The summed E-state index contributed by atoms with van der Waals surface area (Å²) >= 11 is 6.27. The molecular weight excluding hydrogens is 732 g/mol. The molecule has 7 rings (SSSR count). The van der Waals surface area contributed by atoms with Crippen LogP contribution in [-0.2, 0) is 9.59 Å². The zero-order valence-corrected chi connectivity index (χ0v) is 32.7. The van der Waals surface area contributed by atoms with Gasteiger partial charge in [-0.15, -0.1) is 0 Å². The second-order valence-corrected chi connectivity index (χ2v) is 15.4. The lowest BCUT2D eigenvalue weighted by Crippen LogP contribution is -2.54. The summed E-state index contributed by atoms with van der Waals surface area (Å²) in [5, 5.41) is 16.2. The van der Waals surface area contributed by atoms with Gasteiger partial charge >= 0.3 is 6.03 Å². The van der Waals surface area contributed by atoms with Gasteiger partial charge in [0.25, 0.3) is 0 Å². The Morgan fingerprint density at radius 3 is 2.46 bits per heavy atom. The van der Waals surface area contributed by atoms with Crippen LogP contribution in [0.15, 0.2) is 55.2 Å². The fourth-order valence-electron chi connectivity index (χ4n) is 8.30. The molecule has 3 aliphatic rings. The third kappa shape index (κ3) is 8.66. The van der Waals surface area contributed by atoms with Crippen molar-refractivity contribution >= 4 is 63.9 Å². The molecule has 1 unspecified atom stereocenters. The maximum atomic E-state index is 13.1. The summed E-state index contributed by atoms with van der Waals surface area (Å²) in [4.78, 5) is 60.9. The fraction of sp³-hybridized carbons (Fsp3) is 0.475. The van der Waals surface area contributed by atoms with Gasteiger partial charge in [0.05, 0.1) is 52.3 Å². The summed E-state index contributed by atoms with van der Waals surface area (Å²) in [5.41, 5.74) is 3.68. The van der Waals surface area contributed by atoms with Gasteiger partial charge < -0.3 is 39.7 Å². The Morgan fingerprint density at radius 1 is 1.02 bits per heavy atom. The Balaban J connectivity index is 0.845. The number of benzene rings is 1. The van der Waals surface area contributed by atoms with Crippen LogP contribution in [-0.4, -0.2) is 120 Å². The summed E-state index contributed by atoms with van der Waals surface area (Å²) in [6.45, 7) is 9.04. The van der Waals surface area contributed by atoms with Crippen LogP contribution in [0.25, 0.3) is 10.9 Å². The number of amides is 4. The van der Waals surface area contributed by atoms with Crippen molar-refractivity contribution in [2.24, 2.45) is 5.92 Å². The lowest BCUT2D eigenvalue weighted by molar-refractivity contribution is -0.120. The first-order chi connectivity index (χ1) is 27.2. The molecule has 1 atom stereocenters. The molecule has 0 bridgehead atoms. The van der Waals surface area contributed by atoms with Gasteiger partial charge in [-0.05, 0) is 62.8 Å². The highest BCUT2D eigenvalue weighted by atomic mass is 35.5. The molecule has 2 N–H and O–H groups in total. The Hall–Kier alpha value is -5.46. The Kier molecular flexibility index (Phi) is 12.2. The lowest BCUT2D eigenvalue weighted by atomic mass is 9.95. The number of rotatable bonds is 11. The smallest absolute Gasteiger partial charge is 0.322 e. The summed E-state index contributed by atoms with van der Waals surface area (Å²) in [6.07, 6.45) is 14.3. The number of piperidine rings is 2. The van der Waals surface area contributed by atoms with E-state index in [0.717, 1.165) is 87.1 Å². The number of nitrogens with zero attached hydrogens (tertiary/aromatic N) is 10. The van der Waals surface area contributed by atoms with E-state index in [1.807, 2.05) is 18.3 Å². The maximum Gasteiger partial charge on any atom is 0.322 e. The molecule has 3 saturated heterocycles. The molecule has 6 heterocycles. The summed E-state index contributed by atoms with van der Waals surface area (Å²) in [7, 11) is 1.59. The number of likely N-dealkylation sites (tertiary alicyclic amines) is 1. The monoisotopic (exact) mass is 780 g/mol. The summed E-state index contributed by atoms with van der Waals surface area (Å²) < 4.78 is 2.30. The van der Waals surface area contributed by atoms with Gasteiger partial charge in [-0.25, -0.2) is 14.8 Å². The van der Waals surface area contributed by atoms with E-state index in [2.05, 4.69) is 70.1 Å². The summed E-state index contributed by atoms with van der Waals surface area (Å²) in [6, 6.07) is 9.84. The highest BCUT2D eigenvalue weighted by Crippen LogP contribution is 2.33. The van der Waals surface area contributed by atoms with E-state index in [4.69, 9.17) is 11.6 Å². The van der Waals surface area contributed by atoms with Crippen LogP contribution in [0.5, 0.6) is 0 Å². The number of anilines is 4. The molecule has 0 aliphatic carbocycles. The number of fused-ring (bicyclic) bond motifs is 1. The number of pyridine rings is 1. The van der Waals surface area contributed by atoms with Crippen molar-refractivity contribution in [1.29, 1.82) is 5.26 Å². The predicted octanol–water partition coefficient (Wildman–Crippen LogP) is 4.75. The topological polar surface area (TPSA) is 159 Å². The average Bonchev–Trinajstić information content (AvgIpc) is 3.67. The molecule has 1 aromatic carbocycles. The van der Waals surface area contributed by atoms with Crippen LogP contribution in [0, 0.1) is 17.2 Å². The molecule has 0 spiro atoms. The van der Waals surface area contributed by atoms with Crippen molar-refractivity contribution in [3.63, 3.8) is 0 Å². The molecule has 294 valence electrons. The number of carbonyl (C=O) groups excluding carboxylic acids is 3. The molecule has 0 radical (unpaired) electrons. The number of hydrogen-bond donors (Lipinski definition) is 2. The van der Waals surface area contributed by atoms with E-state index in [0.29, 0.717) is 60.4 Å². The van der Waals surface area contributed by atoms with E-state index >= 15 is 0 Å². The number of carbonyl (C=O) groups is 3. The molecule has 3 aromatic heterocycles. The number of piperazine rings is 1. The average molecular weight is 781 g/mol. The van der Waals surface area contributed by atoms with Crippen LogP contribution < -0.4 is 25.3 Å². The minimum Gasteiger partial charge on any atom is -0.365 e. The third-order valence-corrected chi connectivity index (χ3v) is 11.8. The van der Waals surface area contributed by atoms with Crippen molar-refractivity contribution in [2.75, 3.05) is 86.0 Å². The fourth-order valence-corrected chi connectivity index (χ4v) is 8.51. The van der Waals surface area contributed by atoms with Gasteiger partial charge in [0.2, 0.25) is 18.3 Å². The first-order valence-corrected chi connectivity index (χ1v) is 19.8. The molecule has 3 aliphatic heterocycles. The predicted molar refractivity (Wildman–Crippen MR) is 217 cm³/mol. The Labute approximate surface area is 332 Å². The molecule has 16 heteroatoms. The molecule has 56 heavy (non-hydrogen) atoms. The molecule has 4 aromatic rings. The van der Waals surface area contributed by atoms with Crippen LogP contribution in [0.3, 0.4) is 0 Å². The highest BCUT2D eigenvalue weighted by molar-refractivity contribution is 6.32.